The van der Waals surface area contributed by atoms with Crippen molar-refractivity contribution in [2.45, 2.75) is 78.5 Å². The number of aromatic nitrogens is 1. The molecular formula is C42H42F4N4O2. The molecule has 10 heteroatoms. The predicted octanol–water partition coefficient (Wildman–Crippen LogP) is 10.1. The van der Waals surface area contributed by atoms with E-state index < -0.39 is 13.0 Å². The summed E-state index contributed by atoms with van der Waals surface area (Å²) < 4.78 is 65.2. The van der Waals surface area contributed by atoms with Crippen molar-refractivity contribution in [1.29, 1.82) is 0 Å². The van der Waals surface area contributed by atoms with Gasteiger partial charge in [-0.15, -0.1) is 0 Å². The molecule has 8 rings (SSSR count). The maximum Gasteiger partial charge on any atom is 0.387 e. The summed E-state index contributed by atoms with van der Waals surface area (Å²) in [5.41, 5.74) is 12.0. The number of hydrogen-bond acceptors (Lipinski definition) is 6. The van der Waals surface area contributed by atoms with E-state index in [1.54, 1.807) is 6.07 Å². The highest BCUT2D eigenvalue weighted by Gasteiger charge is 2.25. The molecule has 0 saturated carbocycles. The van der Waals surface area contributed by atoms with Crippen molar-refractivity contribution in [3.63, 3.8) is 0 Å². The summed E-state index contributed by atoms with van der Waals surface area (Å²) in [5, 5.41) is 0. The van der Waals surface area contributed by atoms with Crippen molar-refractivity contribution in [1.82, 2.24) is 14.8 Å². The van der Waals surface area contributed by atoms with E-state index in [0.717, 1.165) is 113 Å². The van der Waals surface area contributed by atoms with E-state index in [9.17, 15) is 17.6 Å². The van der Waals surface area contributed by atoms with Crippen LogP contribution in [-0.4, -0.2) is 59.7 Å². The SMILES string of the molecule is Cc1c(C2=Nc3cc(CN4CCCC4)c(CC(F)F)cc3C2)cccc1-c1cccc(-c2nc3cc(CN4CCCC4)c(OC(F)F)cc3o2)c1C. The number of oxazole rings is 1. The number of hydrogen-bond donors (Lipinski definition) is 0. The molecule has 3 aliphatic rings. The first kappa shape index (κ1) is 34.5. The van der Waals surface area contributed by atoms with Gasteiger partial charge in [0.2, 0.25) is 12.3 Å². The average Bonchev–Trinajstić information content (AvgIpc) is 3.93. The number of fused-ring (bicyclic) bond motifs is 2. The molecule has 0 atom stereocenters. The summed E-state index contributed by atoms with van der Waals surface area (Å²) in [6.07, 6.45) is 2.39. The summed E-state index contributed by atoms with van der Waals surface area (Å²) in [6.45, 7) is 6.20. The van der Waals surface area contributed by atoms with Crippen molar-refractivity contribution < 1.29 is 26.7 Å². The van der Waals surface area contributed by atoms with E-state index in [0.29, 0.717) is 42.1 Å². The number of likely N-dealkylation sites (tertiary alicyclic amines) is 2. The zero-order valence-electron chi connectivity index (χ0n) is 29.5. The van der Waals surface area contributed by atoms with Crippen LogP contribution in [0.3, 0.4) is 0 Å². The number of ether oxygens (including phenoxy) is 1. The highest BCUT2D eigenvalue weighted by atomic mass is 19.3. The lowest BCUT2D eigenvalue weighted by atomic mass is 9.89. The first-order valence-corrected chi connectivity index (χ1v) is 18.2. The molecule has 0 bridgehead atoms. The van der Waals surface area contributed by atoms with Gasteiger partial charge >= 0.3 is 6.61 Å². The first-order valence-electron chi connectivity index (χ1n) is 18.2. The minimum Gasteiger partial charge on any atom is -0.436 e. The molecule has 0 amide bonds. The van der Waals surface area contributed by atoms with Gasteiger partial charge < -0.3 is 9.15 Å². The minimum absolute atomic E-state index is 0.111. The first-order chi connectivity index (χ1) is 25.2. The van der Waals surface area contributed by atoms with Crippen LogP contribution >= 0.6 is 0 Å². The summed E-state index contributed by atoms with van der Waals surface area (Å²) in [7, 11) is 0. The van der Waals surface area contributed by atoms with Crippen LogP contribution in [0.5, 0.6) is 5.75 Å². The third-order valence-corrected chi connectivity index (χ3v) is 10.9. The second-order valence-corrected chi connectivity index (χ2v) is 14.3. The zero-order chi connectivity index (χ0) is 35.9. The maximum absolute atomic E-state index is 13.6. The molecule has 0 radical (unpaired) electrons. The average molecular weight is 711 g/mol. The van der Waals surface area contributed by atoms with E-state index in [1.807, 2.05) is 37.3 Å². The van der Waals surface area contributed by atoms with Crippen molar-refractivity contribution >= 4 is 22.5 Å². The van der Waals surface area contributed by atoms with Crippen LogP contribution in [0, 0.1) is 13.8 Å². The molecule has 6 nitrogen and oxygen atoms in total. The van der Waals surface area contributed by atoms with E-state index in [-0.39, 0.29) is 12.2 Å². The highest BCUT2D eigenvalue weighted by molar-refractivity contribution is 6.08. The van der Waals surface area contributed by atoms with E-state index in [4.69, 9.17) is 19.1 Å². The van der Waals surface area contributed by atoms with Gasteiger partial charge in [-0.2, -0.15) is 8.78 Å². The summed E-state index contributed by atoms with van der Waals surface area (Å²) in [4.78, 5) is 14.5. The predicted molar refractivity (Wildman–Crippen MR) is 196 cm³/mol. The molecule has 0 aliphatic carbocycles. The Morgan fingerprint density at radius 1 is 0.731 bits per heavy atom. The fourth-order valence-electron chi connectivity index (χ4n) is 8.20. The van der Waals surface area contributed by atoms with Gasteiger partial charge in [-0.05, 0) is 128 Å². The molecule has 0 N–H and O–H groups in total. The molecule has 3 aliphatic heterocycles. The van der Waals surface area contributed by atoms with Crippen molar-refractivity contribution in [3.05, 3.63) is 99.6 Å². The Kier molecular flexibility index (Phi) is 9.61. The Hall–Kier alpha value is -4.54. The quantitative estimate of drug-likeness (QED) is 0.128. The molecule has 52 heavy (non-hydrogen) atoms. The molecule has 0 unspecified atom stereocenters. The van der Waals surface area contributed by atoms with Crippen molar-refractivity contribution in [2.24, 2.45) is 4.99 Å². The van der Waals surface area contributed by atoms with Gasteiger partial charge in [0.1, 0.15) is 11.3 Å². The topological polar surface area (TPSA) is 54.1 Å². The Labute approximate surface area is 301 Å². The smallest absolute Gasteiger partial charge is 0.387 e. The van der Waals surface area contributed by atoms with Crippen LogP contribution < -0.4 is 4.74 Å². The van der Waals surface area contributed by atoms with Gasteiger partial charge in [0.25, 0.3) is 0 Å². The minimum atomic E-state index is -2.94. The molecule has 4 heterocycles. The number of aliphatic imine (C=N–C) groups is 1. The largest absolute Gasteiger partial charge is 0.436 e. The van der Waals surface area contributed by atoms with Gasteiger partial charge in [-0.25, -0.2) is 13.8 Å². The molecule has 4 aromatic carbocycles. The van der Waals surface area contributed by atoms with Crippen LogP contribution in [0.1, 0.15) is 64.6 Å². The van der Waals surface area contributed by atoms with E-state index >= 15 is 0 Å². The standard InChI is InChI=1S/C42H42F4N4O2/c1-25-31(9-7-11-33(25)36-18-28-17-27(21-40(43)44)29(19-35(28)47-36)23-49-13-3-4-14-49)32-10-8-12-34(26(32)2)41-48-37-20-30(24-50-15-5-6-16-50)38(52-42(45)46)22-39(37)51-41/h7-12,17,19-20,22,40,42H,3-6,13-16,18,21,23-24H2,1-2H3. The van der Waals surface area contributed by atoms with Gasteiger partial charge in [-0.3, -0.25) is 14.8 Å². The third-order valence-electron chi connectivity index (χ3n) is 10.9. The van der Waals surface area contributed by atoms with Crippen LogP contribution in [0.25, 0.3) is 33.7 Å². The Morgan fingerprint density at radius 2 is 1.35 bits per heavy atom. The van der Waals surface area contributed by atoms with Crippen molar-refractivity contribution in [2.75, 3.05) is 26.2 Å². The van der Waals surface area contributed by atoms with Crippen LogP contribution in [0.15, 0.2) is 70.1 Å². The van der Waals surface area contributed by atoms with Crippen LogP contribution in [-0.2, 0) is 25.9 Å². The Balaban J connectivity index is 1.11. The Bertz CT molecular complexity index is 2150. The van der Waals surface area contributed by atoms with E-state index in [2.05, 4.69) is 34.9 Å². The lowest BCUT2D eigenvalue weighted by molar-refractivity contribution is -0.0506. The van der Waals surface area contributed by atoms with E-state index in [1.165, 1.54) is 6.07 Å². The monoisotopic (exact) mass is 710 g/mol. The number of halogens is 4. The fraction of sp³-hybridized carbons (Fsp3) is 0.381. The van der Waals surface area contributed by atoms with Crippen LogP contribution in [0.4, 0.5) is 23.2 Å². The van der Waals surface area contributed by atoms with Gasteiger partial charge in [0.15, 0.2) is 5.58 Å². The fourth-order valence-corrected chi connectivity index (χ4v) is 8.20. The number of nitrogens with zero attached hydrogens (tertiary/aromatic N) is 4. The maximum atomic E-state index is 13.6. The summed E-state index contributed by atoms with van der Waals surface area (Å²) in [5.74, 6) is 0.518. The summed E-state index contributed by atoms with van der Waals surface area (Å²) in [6, 6.07) is 19.5. The van der Waals surface area contributed by atoms with Crippen molar-refractivity contribution in [3.8, 4) is 28.3 Å². The molecule has 2 fully saturated rings. The second kappa shape index (κ2) is 14.5. The molecule has 2 saturated heterocycles. The van der Waals surface area contributed by atoms with Gasteiger partial charge in [-0.1, -0.05) is 36.4 Å². The zero-order valence-corrected chi connectivity index (χ0v) is 29.5. The van der Waals surface area contributed by atoms with Crippen LogP contribution in [0.2, 0.25) is 0 Å². The summed E-state index contributed by atoms with van der Waals surface area (Å²) >= 11 is 0. The number of rotatable bonds is 11. The second-order valence-electron chi connectivity index (χ2n) is 14.3. The normalized spacial score (nSPS) is 16.5. The lowest BCUT2D eigenvalue weighted by Gasteiger charge is -2.18. The lowest BCUT2D eigenvalue weighted by Crippen LogP contribution is -2.19. The molecular weight excluding hydrogens is 668 g/mol. The molecule has 270 valence electrons. The number of alkyl halides is 4. The number of benzene rings is 4. The molecule has 5 aromatic rings. The molecule has 1 aromatic heterocycles. The third kappa shape index (κ3) is 6.98. The Morgan fingerprint density at radius 3 is 2.00 bits per heavy atom. The van der Waals surface area contributed by atoms with Gasteiger partial charge in [0.05, 0.1) is 11.4 Å². The molecule has 0 spiro atoms. The van der Waals surface area contributed by atoms with Gasteiger partial charge in [0, 0.05) is 43.1 Å². The highest BCUT2D eigenvalue weighted by Crippen LogP contribution is 2.39.